The topological polar surface area (TPSA) is 32.3 Å². The van der Waals surface area contributed by atoms with E-state index in [2.05, 4.69) is 5.32 Å². The first-order valence-corrected chi connectivity index (χ1v) is 6.78. The molecule has 0 bridgehead atoms. The Morgan fingerprint density at radius 1 is 1.32 bits per heavy atom. The van der Waals surface area contributed by atoms with Crippen LogP contribution in [-0.2, 0) is 0 Å². The fourth-order valence-corrected chi connectivity index (χ4v) is 2.53. The van der Waals surface area contributed by atoms with Crippen molar-refractivity contribution in [3.8, 4) is 0 Å². The molecular formula is C14H20Cl2N2O. The van der Waals surface area contributed by atoms with Crippen LogP contribution < -0.4 is 5.32 Å². The number of amides is 1. The van der Waals surface area contributed by atoms with Gasteiger partial charge in [-0.3, -0.25) is 4.79 Å². The number of hydrogen-bond acceptors (Lipinski definition) is 2. The number of rotatable bonds is 3. The molecule has 0 aliphatic carbocycles. The molecule has 0 saturated carbocycles. The monoisotopic (exact) mass is 302 g/mol. The van der Waals surface area contributed by atoms with Gasteiger partial charge in [-0.05, 0) is 56.6 Å². The number of halogens is 2. The summed E-state index contributed by atoms with van der Waals surface area (Å²) in [4.78, 5) is 14.2. The summed E-state index contributed by atoms with van der Waals surface area (Å²) in [5, 5.41) is 3.87. The Morgan fingerprint density at radius 3 is 2.42 bits per heavy atom. The number of likely N-dealkylation sites (tertiary alicyclic amines) is 1. The molecule has 1 fully saturated rings. The predicted molar refractivity (Wildman–Crippen MR) is 81.3 cm³/mol. The zero-order valence-electron chi connectivity index (χ0n) is 11.1. The third kappa shape index (κ3) is 4.37. The van der Waals surface area contributed by atoms with Crippen molar-refractivity contribution in [2.24, 2.45) is 5.92 Å². The third-order valence-electron chi connectivity index (χ3n) is 3.49. The molecule has 1 N–H and O–H groups in total. The molecule has 1 amide bonds. The van der Waals surface area contributed by atoms with E-state index in [1.807, 2.05) is 11.9 Å². The van der Waals surface area contributed by atoms with E-state index in [1.165, 1.54) is 0 Å². The normalized spacial score (nSPS) is 16.0. The lowest BCUT2D eigenvalue weighted by Gasteiger charge is -2.32. The van der Waals surface area contributed by atoms with Crippen LogP contribution in [0.2, 0.25) is 5.02 Å². The number of carbonyl (C=O) groups is 1. The average Bonchev–Trinajstić information content (AvgIpc) is 2.40. The molecule has 3 nitrogen and oxygen atoms in total. The Balaban J connectivity index is 0.00000180. The highest BCUT2D eigenvalue weighted by Gasteiger charge is 2.22. The van der Waals surface area contributed by atoms with Crippen LogP contribution in [0.25, 0.3) is 0 Å². The molecule has 19 heavy (non-hydrogen) atoms. The number of hydrogen-bond donors (Lipinski definition) is 1. The van der Waals surface area contributed by atoms with Gasteiger partial charge >= 0.3 is 0 Å². The predicted octanol–water partition coefficient (Wildman–Crippen LogP) is 2.83. The highest BCUT2D eigenvalue weighted by atomic mass is 35.5. The second-order valence-corrected chi connectivity index (χ2v) is 5.24. The fourth-order valence-electron chi connectivity index (χ4n) is 2.40. The molecule has 0 aromatic heterocycles. The van der Waals surface area contributed by atoms with E-state index >= 15 is 0 Å². The summed E-state index contributed by atoms with van der Waals surface area (Å²) >= 11 is 5.82. The van der Waals surface area contributed by atoms with Gasteiger partial charge in [-0.1, -0.05) is 11.6 Å². The maximum absolute atomic E-state index is 12.2. The Hall–Kier alpha value is -0.770. The van der Waals surface area contributed by atoms with Crippen LogP contribution in [-0.4, -0.2) is 37.5 Å². The molecule has 1 saturated heterocycles. The van der Waals surface area contributed by atoms with Crippen molar-refractivity contribution >= 4 is 29.9 Å². The van der Waals surface area contributed by atoms with Gasteiger partial charge in [0.05, 0.1) is 0 Å². The molecule has 1 aromatic carbocycles. The maximum Gasteiger partial charge on any atom is 0.253 e. The molecule has 1 heterocycles. The van der Waals surface area contributed by atoms with E-state index in [0.29, 0.717) is 10.9 Å². The van der Waals surface area contributed by atoms with Crippen molar-refractivity contribution in [1.29, 1.82) is 0 Å². The van der Waals surface area contributed by atoms with Crippen molar-refractivity contribution in [3.63, 3.8) is 0 Å². The maximum atomic E-state index is 12.2. The molecule has 106 valence electrons. The second kappa shape index (κ2) is 7.73. The average molecular weight is 303 g/mol. The Kier molecular flexibility index (Phi) is 6.63. The van der Waals surface area contributed by atoms with Crippen molar-refractivity contribution in [2.75, 3.05) is 26.7 Å². The summed E-state index contributed by atoms with van der Waals surface area (Å²) in [5.41, 5.74) is 0.728. The molecule has 5 heteroatoms. The van der Waals surface area contributed by atoms with Crippen molar-refractivity contribution in [1.82, 2.24) is 10.2 Å². The Morgan fingerprint density at radius 2 is 1.89 bits per heavy atom. The minimum absolute atomic E-state index is 0. The molecule has 0 atom stereocenters. The van der Waals surface area contributed by atoms with Crippen LogP contribution in [0, 0.1) is 5.92 Å². The zero-order chi connectivity index (χ0) is 13.0. The molecule has 0 radical (unpaired) electrons. The van der Waals surface area contributed by atoms with Gasteiger partial charge < -0.3 is 10.2 Å². The lowest BCUT2D eigenvalue weighted by Crippen LogP contribution is -2.40. The van der Waals surface area contributed by atoms with Crippen LogP contribution in [0.5, 0.6) is 0 Å². The van der Waals surface area contributed by atoms with Crippen LogP contribution in [0.15, 0.2) is 24.3 Å². The van der Waals surface area contributed by atoms with E-state index in [-0.39, 0.29) is 18.3 Å². The summed E-state index contributed by atoms with van der Waals surface area (Å²) in [5.74, 6) is 0.818. The van der Waals surface area contributed by atoms with Gasteiger partial charge in [-0.15, -0.1) is 12.4 Å². The number of piperidine rings is 1. The summed E-state index contributed by atoms with van der Waals surface area (Å²) in [6.45, 7) is 2.75. The van der Waals surface area contributed by atoms with Gasteiger partial charge in [0.25, 0.3) is 5.91 Å². The summed E-state index contributed by atoms with van der Waals surface area (Å²) in [6, 6.07) is 7.12. The number of nitrogens with zero attached hydrogens (tertiary/aromatic N) is 1. The summed E-state index contributed by atoms with van der Waals surface area (Å²) < 4.78 is 0. The highest BCUT2D eigenvalue weighted by Crippen LogP contribution is 2.19. The first-order valence-electron chi connectivity index (χ1n) is 6.40. The minimum Gasteiger partial charge on any atom is -0.339 e. The van der Waals surface area contributed by atoms with E-state index in [4.69, 9.17) is 11.6 Å². The summed E-state index contributed by atoms with van der Waals surface area (Å²) in [6.07, 6.45) is 2.17. The Labute approximate surface area is 125 Å². The SMILES string of the molecule is CNCC1CCN(C(=O)c2ccc(Cl)cc2)CC1.Cl. The van der Waals surface area contributed by atoms with Gasteiger partial charge in [0.1, 0.15) is 0 Å². The molecule has 1 aromatic rings. The van der Waals surface area contributed by atoms with Crippen LogP contribution in [0.3, 0.4) is 0 Å². The smallest absolute Gasteiger partial charge is 0.253 e. The molecule has 1 aliphatic heterocycles. The van der Waals surface area contributed by atoms with Crippen molar-refractivity contribution in [3.05, 3.63) is 34.9 Å². The van der Waals surface area contributed by atoms with E-state index < -0.39 is 0 Å². The zero-order valence-corrected chi connectivity index (χ0v) is 12.6. The van der Waals surface area contributed by atoms with E-state index in [0.717, 1.165) is 38.0 Å². The second-order valence-electron chi connectivity index (χ2n) is 4.80. The van der Waals surface area contributed by atoms with E-state index in [1.54, 1.807) is 24.3 Å². The number of benzene rings is 1. The third-order valence-corrected chi connectivity index (χ3v) is 3.74. The van der Waals surface area contributed by atoms with Crippen LogP contribution in [0.4, 0.5) is 0 Å². The van der Waals surface area contributed by atoms with Crippen LogP contribution in [0.1, 0.15) is 23.2 Å². The summed E-state index contributed by atoms with van der Waals surface area (Å²) in [7, 11) is 1.98. The number of carbonyl (C=O) groups excluding carboxylic acids is 1. The fraction of sp³-hybridized carbons (Fsp3) is 0.500. The van der Waals surface area contributed by atoms with E-state index in [9.17, 15) is 4.79 Å². The lowest BCUT2D eigenvalue weighted by molar-refractivity contribution is 0.0691. The standard InChI is InChI=1S/C14H19ClN2O.ClH/c1-16-10-11-6-8-17(9-7-11)14(18)12-2-4-13(15)5-3-12;/h2-5,11,16H,6-10H2,1H3;1H. The lowest BCUT2D eigenvalue weighted by atomic mass is 9.96. The molecule has 2 rings (SSSR count). The largest absolute Gasteiger partial charge is 0.339 e. The molecule has 1 aliphatic rings. The van der Waals surface area contributed by atoms with Crippen molar-refractivity contribution < 1.29 is 4.79 Å². The number of nitrogens with one attached hydrogen (secondary N) is 1. The van der Waals surface area contributed by atoms with Gasteiger partial charge in [0.2, 0.25) is 0 Å². The first-order chi connectivity index (χ1) is 8.70. The van der Waals surface area contributed by atoms with Crippen LogP contribution >= 0.6 is 24.0 Å². The highest BCUT2D eigenvalue weighted by molar-refractivity contribution is 6.30. The molecule has 0 spiro atoms. The van der Waals surface area contributed by atoms with Gasteiger partial charge in [0.15, 0.2) is 0 Å². The Bertz CT molecular complexity index is 400. The minimum atomic E-state index is 0. The molecular weight excluding hydrogens is 283 g/mol. The van der Waals surface area contributed by atoms with Crippen molar-refractivity contribution in [2.45, 2.75) is 12.8 Å². The first kappa shape index (κ1) is 16.3. The quantitative estimate of drug-likeness (QED) is 0.931. The molecule has 0 unspecified atom stereocenters. The van der Waals surface area contributed by atoms with Gasteiger partial charge in [0, 0.05) is 23.7 Å². The van der Waals surface area contributed by atoms with Gasteiger partial charge in [-0.25, -0.2) is 0 Å². The van der Waals surface area contributed by atoms with Gasteiger partial charge in [-0.2, -0.15) is 0 Å².